The highest BCUT2D eigenvalue weighted by Gasteiger charge is 2.32. The lowest BCUT2D eigenvalue weighted by Crippen LogP contribution is -2.22. The van der Waals surface area contributed by atoms with Crippen molar-refractivity contribution < 1.29 is 9.47 Å². The molecule has 34 heavy (non-hydrogen) atoms. The Morgan fingerprint density at radius 3 is 1.94 bits per heavy atom. The van der Waals surface area contributed by atoms with Gasteiger partial charge in [-0.2, -0.15) is 10.5 Å². The Hall–Kier alpha value is -1.76. The van der Waals surface area contributed by atoms with Crippen LogP contribution in [0.1, 0.15) is 93.6 Å². The van der Waals surface area contributed by atoms with Crippen LogP contribution in [-0.2, 0) is 6.42 Å². The molecule has 0 fully saturated rings. The minimum atomic E-state index is 0.0414. The number of hydrogen-bond acceptors (Lipinski definition) is 6. The predicted octanol–water partition coefficient (Wildman–Crippen LogP) is 8.89. The van der Waals surface area contributed by atoms with E-state index in [2.05, 4.69) is 80.5 Å². The Morgan fingerprint density at radius 2 is 1.44 bits per heavy atom. The number of fused-ring (bicyclic) bond motifs is 1. The van der Waals surface area contributed by atoms with Gasteiger partial charge >= 0.3 is 0 Å². The summed E-state index contributed by atoms with van der Waals surface area (Å²) in [5.74, 6) is 1.72. The van der Waals surface area contributed by atoms with Gasteiger partial charge in [-0.05, 0) is 62.0 Å². The van der Waals surface area contributed by atoms with Crippen molar-refractivity contribution >= 4 is 23.5 Å². The van der Waals surface area contributed by atoms with Crippen LogP contribution in [0.5, 0.6) is 11.5 Å². The lowest BCUT2D eigenvalue weighted by Gasteiger charge is -2.28. The second-order valence-electron chi connectivity index (χ2n) is 11.6. The molecular weight excluding hydrogens is 460 g/mol. The van der Waals surface area contributed by atoms with Crippen LogP contribution >= 0.6 is 23.5 Å². The van der Waals surface area contributed by atoms with Gasteiger partial charge in [0, 0.05) is 0 Å². The maximum absolute atomic E-state index is 9.50. The van der Waals surface area contributed by atoms with E-state index in [1.807, 2.05) is 0 Å². The maximum atomic E-state index is 9.50. The number of thioether (sulfide) groups is 2. The summed E-state index contributed by atoms with van der Waals surface area (Å²) in [6.45, 7) is 19.7. The van der Waals surface area contributed by atoms with Gasteiger partial charge in [-0.25, -0.2) is 0 Å². The summed E-state index contributed by atoms with van der Waals surface area (Å²) in [6, 6.07) is 6.25. The number of benzene rings is 1. The molecular formula is C28H40N2O2S2. The van der Waals surface area contributed by atoms with Crippen molar-refractivity contribution in [2.45, 2.75) is 116 Å². The first-order valence-corrected chi connectivity index (χ1v) is 13.8. The van der Waals surface area contributed by atoms with Gasteiger partial charge < -0.3 is 9.47 Å². The van der Waals surface area contributed by atoms with Crippen molar-refractivity contribution in [3.63, 3.8) is 0 Å². The van der Waals surface area contributed by atoms with E-state index < -0.39 is 0 Å². The minimum absolute atomic E-state index is 0.0414. The van der Waals surface area contributed by atoms with Gasteiger partial charge in [0.2, 0.25) is 0 Å². The Labute approximate surface area is 215 Å². The number of allylic oxidation sites excluding steroid dienone is 1. The van der Waals surface area contributed by atoms with E-state index in [0.717, 1.165) is 59.0 Å². The zero-order valence-corrected chi connectivity index (χ0v) is 23.9. The van der Waals surface area contributed by atoms with E-state index in [-0.39, 0.29) is 28.6 Å². The van der Waals surface area contributed by atoms with Crippen molar-refractivity contribution in [1.29, 1.82) is 10.5 Å². The number of unbranched alkanes of at least 4 members (excludes halogenated alkanes) is 1. The first-order chi connectivity index (χ1) is 15.8. The van der Waals surface area contributed by atoms with Gasteiger partial charge in [0.15, 0.2) is 0 Å². The largest absolute Gasteiger partial charge is 0.489 e. The van der Waals surface area contributed by atoms with E-state index in [1.165, 1.54) is 23.5 Å². The van der Waals surface area contributed by atoms with E-state index in [1.54, 1.807) is 0 Å². The fraction of sp³-hybridized carbons (Fsp3) is 0.643. The van der Waals surface area contributed by atoms with Crippen LogP contribution in [0.25, 0.3) is 0 Å². The minimum Gasteiger partial charge on any atom is -0.489 e. The molecule has 0 saturated heterocycles. The molecule has 2 rings (SSSR count). The van der Waals surface area contributed by atoms with E-state index in [9.17, 15) is 10.5 Å². The molecule has 6 heteroatoms. The highest BCUT2D eigenvalue weighted by molar-refractivity contribution is 8.24. The summed E-state index contributed by atoms with van der Waals surface area (Å²) in [5.41, 5.74) is 1.59. The van der Waals surface area contributed by atoms with Crippen molar-refractivity contribution in [1.82, 2.24) is 0 Å². The summed E-state index contributed by atoms with van der Waals surface area (Å²) in [4.78, 5) is 1.94. The Bertz CT molecular complexity index is 972. The zero-order valence-electron chi connectivity index (χ0n) is 22.3. The van der Waals surface area contributed by atoms with Gasteiger partial charge in [-0.15, -0.1) is 0 Å². The fourth-order valence-electron chi connectivity index (χ4n) is 4.26. The number of nitriles is 2. The van der Waals surface area contributed by atoms with Crippen molar-refractivity contribution in [2.75, 3.05) is 0 Å². The highest BCUT2D eigenvalue weighted by Crippen LogP contribution is 2.60. The molecule has 1 aromatic carbocycles. The van der Waals surface area contributed by atoms with Gasteiger partial charge in [0.05, 0.1) is 26.2 Å². The molecule has 1 aromatic rings. The standard InChI is InChI=1S/C28H40N2O2S2/c1-10-11-12-20-13-22(31-18(2)14-27(4,5)6)24-25(34-26(33-24)21(16-29)17-30)23(20)32-19(3)15-28(7,8)9/h13,18-19H,10-12,14-15H2,1-9H3. The summed E-state index contributed by atoms with van der Waals surface area (Å²) in [5, 5.41) is 19.0. The summed E-state index contributed by atoms with van der Waals surface area (Å²) in [7, 11) is 0. The quantitative estimate of drug-likeness (QED) is 0.315. The molecule has 1 aliphatic heterocycles. The monoisotopic (exact) mass is 500 g/mol. The molecule has 1 aliphatic rings. The average Bonchev–Trinajstić information content (AvgIpc) is 3.12. The number of ether oxygens (including phenoxy) is 2. The second-order valence-corrected chi connectivity index (χ2v) is 13.9. The third-order valence-corrected chi connectivity index (χ3v) is 7.91. The molecule has 2 unspecified atom stereocenters. The van der Waals surface area contributed by atoms with Crippen molar-refractivity contribution in [3.05, 3.63) is 21.4 Å². The van der Waals surface area contributed by atoms with Gasteiger partial charge in [-0.1, -0.05) is 78.4 Å². The Balaban J connectivity index is 2.59. The molecule has 0 bridgehead atoms. The van der Waals surface area contributed by atoms with E-state index >= 15 is 0 Å². The summed E-state index contributed by atoms with van der Waals surface area (Å²) < 4.78 is 13.8. The summed E-state index contributed by atoms with van der Waals surface area (Å²) in [6.07, 6.45) is 4.99. The number of nitrogens with zero attached hydrogens (tertiary/aromatic N) is 2. The first kappa shape index (κ1) is 28.5. The SMILES string of the molecule is CCCCc1cc(OC(C)CC(C)(C)C)c2c(c1OC(C)CC(C)(C)C)SC(=C(C#N)C#N)S2. The molecule has 1 heterocycles. The predicted molar refractivity (Wildman–Crippen MR) is 143 cm³/mol. The Morgan fingerprint density at radius 1 is 0.912 bits per heavy atom. The van der Waals surface area contributed by atoms with Crippen LogP contribution < -0.4 is 9.47 Å². The van der Waals surface area contributed by atoms with Crippen molar-refractivity contribution in [2.24, 2.45) is 10.8 Å². The van der Waals surface area contributed by atoms with Gasteiger partial charge in [-0.3, -0.25) is 0 Å². The molecule has 0 aromatic heterocycles. The van der Waals surface area contributed by atoms with Crippen LogP contribution in [0.4, 0.5) is 0 Å². The third-order valence-electron chi connectivity index (χ3n) is 5.30. The summed E-state index contributed by atoms with van der Waals surface area (Å²) >= 11 is 2.93. The molecule has 0 amide bonds. The molecule has 0 spiro atoms. The van der Waals surface area contributed by atoms with Gasteiger partial charge in [0.1, 0.15) is 29.2 Å². The van der Waals surface area contributed by atoms with E-state index in [0.29, 0.717) is 4.24 Å². The number of rotatable bonds is 9. The topological polar surface area (TPSA) is 66.0 Å². The lowest BCUT2D eigenvalue weighted by molar-refractivity contribution is 0.148. The van der Waals surface area contributed by atoms with Crippen LogP contribution in [-0.4, -0.2) is 12.2 Å². The average molecular weight is 501 g/mol. The first-order valence-electron chi connectivity index (χ1n) is 12.2. The van der Waals surface area contributed by atoms with Crippen LogP contribution in [0, 0.1) is 33.5 Å². The van der Waals surface area contributed by atoms with E-state index in [4.69, 9.17) is 9.47 Å². The zero-order chi connectivity index (χ0) is 25.7. The molecule has 0 saturated carbocycles. The number of aryl methyl sites for hydroxylation is 1. The lowest BCUT2D eigenvalue weighted by atomic mass is 9.89. The molecule has 0 N–H and O–H groups in total. The van der Waals surface area contributed by atoms with Crippen LogP contribution in [0.15, 0.2) is 25.7 Å². The van der Waals surface area contributed by atoms with Crippen LogP contribution in [0.2, 0.25) is 0 Å². The smallest absolute Gasteiger partial charge is 0.150 e. The molecule has 186 valence electrons. The molecule has 2 atom stereocenters. The van der Waals surface area contributed by atoms with Crippen LogP contribution in [0.3, 0.4) is 0 Å². The highest BCUT2D eigenvalue weighted by atomic mass is 32.2. The fourth-order valence-corrected chi connectivity index (χ4v) is 6.79. The maximum Gasteiger partial charge on any atom is 0.150 e. The normalized spacial score (nSPS) is 15.2. The third kappa shape index (κ3) is 8.17. The molecule has 0 radical (unpaired) electrons. The molecule has 0 aliphatic carbocycles. The second kappa shape index (κ2) is 11.8. The number of hydrogen-bond donors (Lipinski definition) is 0. The van der Waals surface area contributed by atoms with Crippen molar-refractivity contribution in [3.8, 4) is 23.6 Å². The molecule has 4 nitrogen and oxygen atoms in total. The van der Waals surface area contributed by atoms with Gasteiger partial charge in [0.25, 0.3) is 0 Å². The Kier molecular flexibility index (Phi) is 9.87.